The summed E-state index contributed by atoms with van der Waals surface area (Å²) in [5, 5.41) is 10.3. The van der Waals surface area contributed by atoms with Crippen molar-refractivity contribution in [3.8, 4) is 0 Å². The van der Waals surface area contributed by atoms with Crippen LogP contribution >= 0.6 is 23.2 Å². The summed E-state index contributed by atoms with van der Waals surface area (Å²) in [6, 6.07) is 5.13. The lowest BCUT2D eigenvalue weighted by Gasteiger charge is -2.06. The van der Waals surface area contributed by atoms with Gasteiger partial charge in [-0.25, -0.2) is 0 Å². The Morgan fingerprint density at radius 2 is 2.00 bits per heavy atom. The van der Waals surface area contributed by atoms with E-state index in [2.05, 4.69) is 15.7 Å². The number of aromatic nitrogens is 2. The van der Waals surface area contributed by atoms with E-state index in [1.54, 1.807) is 36.9 Å². The van der Waals surface area contributed by atoms with Crippen LogP contribution in [0.25, 0.3) is 6.08 Å². The van der Waals surface area contributed by atoms with Gasteiger partial charge in [-0.1, -0.05) is 35.3 Å². The van der Waals surface area contributed by atoms with Crippen molar-refractivity contribution in [3.63, 3.8) is 0 Å². The van der Waals surface area contributed by atoms with Crippen LogP contribution in [0.2, 0.25) is 10.0 Å². The number of amides is 2. The summed E-state index contributed by atoms with van der Waals surface area (Å²) in [7, 11) is 1.80. The first-order valence-corrected chi connectivity index (χ1v) is 8.25. The third-order valence-corrected chi connectivity index (χ3v) is 4.43. The molecule has 0 spiro atoms. The highest BCUT2D eigenvalue weighted by Crippen LogP contribution is 2.26. The molecule has 0 bridgehead atoms. The molecule has 0 unspecified atom stereocenters. The summed E-state index contributed by atoms with van der Waals surface area (Å²) < 4.78 is 1.68. The number of halogens is 2. The van der Waals surface area contributed by atoms with Gasteiger partial charge in [0, 0.05) is 13.1 Å². The van der Waals surface area contributed by atoms with Gasteiger partial charge in [0.05, 0.1) is 33.7 Å². The van der Waals surface area contributed by atoms with Crippen LogP contribution in [0, 0.1) is 13.8 Å². The van der Waals surface area contributed by atoms with Crippen LogP contribution in [0.15, 0.2) is 24.3 Å². The number of nitrogens with one attached hydrogen (secondary N) is 2. The zero-order chi connectivity index (χ0) is 18.6. The maximum atomic E-state index is 12.0. The molecule has 25 heavy (non-hydrogen) atoms. The van der Waals surface area contributed by atoms with Crippen molar-refractivity contribution in [2.75, 3.05) is 11.9 Å². The molecular formula is C17H18Cl2N4O2. The van der Waals surface area contributed by atoms with E-state index in [1.165, 1.54) is 12.2 Å². The minimum atomic E-state index is -0.411. The van der Waals surface area contributed by atoms with Crippen molar-refractivity contribution in [1.82, 2.24) is 15.1 Å². The first-order chi connectivity index (χ1) is 11.8. The summed E-state index contributed by atoms with van der Waals surface area (Å²) >= 11 is 11.9. The molecule has 0 aliphatic rings. The summed E-state index contributed by atoms with van der Waals surface area (Å²) in [5.41, 5.74) is 2.83. The molecule has 0 saturated heterocycles. The van der Waals surface area contributed by atoms with Gasteiger partial charge in [0.2, 0.25) is 11.8 Å². The zero-order valence-corrected chi connectivity index (χ0v) is 15.6. The van der Waals surface area contributed by atoms with E-state index >= 15 is 0 Å². The van der Waals surface area contributed by atoms with Crippen molar-refractivity contribution in [2.45, 2.75) is 13.8 Å². The van der Waals surface area contributed by atoms with E-state index in [4.69, 9.17) is 23.2 Å². The molecule has 2 aromatic rings. The molecule has 1 aromatic carbocycles. The van der Waals surface area contributed by atoms with Gasteiger partial charge >= 0.3 is 0 Å². The SMILES string of the molecule is Cc1nn(C)c(C)c1NC(=O)CNC(=O)/C=C/c1cccc(Cl)c1Cl. The first kappa shape index (κ1) is 19.0. The number of carbonyl (C=O) groups excluding carboxylic acids is 2. The number of aryl methyl sites for hydroxylation is 2. The molecule has 0 saturated carbocycles. The Hall–Kier alpha value is -2.31. The van der Waals surface area contributed by atoms with Gasteiger partial charge in [0.1, 0.15) is 0 Å². The molecule has 1 aromatic heterocycles. The quantitative estimate of drug-likeness (QED) is 0.782. The van der Waals surface area contributed by atoms with Crippen LogP contribution in [-0.2, 0) is 16.6 Å². The number of nitrogens with zero attached hydrogens (tertiary/aromatic N) is 2. The predicted octanol–water partition coefficient (Wildman–Crippen LogP) is 3.11. The zero-order valence-electron chi connectivity index (χ0n) is 14.1. The van der Waals surface area contributed by atoms with Gasteiger partial charge in [-0.2, -0.15) is 5.10 Å². The maximum absolute atomic E-state index is 12.0. The molecule has 8 heteroatoms. The highest BCUT2D eigenvalue weighted by molar-refractivity contribution is 6.42. The maximum Gasteiger partial charge on any atom is 0.244 e. The fourth-order valence-corrected chi connectivity index (χ4v) is 2.55. The minimum Gasteiger partial charge on any atom is -0.343 e. The van der Waals surface area contributed by atoms with Crippen LogP contribution in [0.3, 0.4) is 0 Å². The Kier molecular flexibility index (Phi) is 6.22. The van der Waals surface area contributed by atoms with E-state index < -0.39 is 5.91 Å². The van der Waals surface area contributed by atoms with Gasteiger partial charge in [-0.15, -0.1) is 0 Å². The Bertz CT molecular complexity index is 843. The molecular weight excluding hydrogens is 363 g/mol. The Balaban J connectivity index is 1.90. The molecule has 132 valence electrons. The highest BCUT2D eigenvalue weighted by atomic mass is 35.5. The number of hydrogen-bond donors (Lipinski definition) is 2. The summed E-state index contributed by atoms with van der Waals surface area (Å²) in [6.07, 6.45) is 2.84. The topological polar surface area (TPSA) is 76.0 Å². The average molecular weight is 381 g/mol. The monoisotopic (exact) mass is 380 g/mol. The molecule has 2 amide bonds. The molecule has 2 rings (SSSR count). The number of rotatable bonds is 5. The Labute approximate surface area is 155 Å². The first-order valence-electron chi connectivity index (χ1n) is 7.49. The van der Waals surface area contributed by atoms with Crippen LogP contribution in [0.5, 0.6) is 0 Å². The number of anilines is 1. The minimum absolute atomic E-state index is 0.153. The predicted molar refractivity (Wildman–Crippen MR) is 99.8 cm³/mol. The van der Waals surface area contributed by atoms with Crippen molar-refractivity contribution in [3.05, 3.63) is 51.3 Å². The second-order valence-electron chi connectivity index (χ2n) is 5.41. The molecule has 0 aliphatic carbocycles. The fourth-order valence-electron chi connectivity index (χ4n) is 2.18. The molecule has 6 nitrogen and oxygen atoms in total. The highest BCUT2D eigenvalue weighted by Gasteiger charge is 2.12. The van der Waals surface area contributed by atoms with Crippen LogP contribution in [0.4, 0.5) is 5.69 Å². The van der Waals surface area contributed by atoms with Crippen molar-refractivity contribution < 1.29 is 9.59 Å². The second kappa shape index (κ2) is 8.18. The smallest absolute Gasteiger partial charge is 0.244 e. The third kappa shape index (κ3) is 4.84. The Morgan fingerprint density at radius 3 is 2.64 bits per heavy atom. The summed E-state index contributed by atoms with van der Waals surface area (Å²) in [6.45, 7) is 3.50. The van der Waals surface area contributed by atoms with Gasteiger partial charge in [0.25, 0.3) is 0 Å². The molecule has 0 radical (unpaired) electrons. The van der Waals surface area contributed by atoms with Crippen LogP contribution in [-0.4, -0.2) is 28.1 Å². The summed E-state index contributed by atoms with van der Waals surface area (Å²) in [4.78, 5) is 23.8. The van der Waals surface area contributed by atoms with Crippen molar-refractivity contribution in [1.29, 1.82) is 0 Å². The number of carbonyl (C=O) groups is 2. The van der Waals surface area contributed by atoms with E-state index in [1.807, 2.05) is 6.92 Å². The van der Waals surface area contributed by atoms with Crippen LogP contribution < -0.4 is 10.6 Å². The second-order valence-corrected chi connectivity index (χ2v) is 6.20. The molecule has 1 heterocycles. The van der Waals surface area contributed by atoms with Crippen molar-refractivity contribution in [2.24, 2.45) is 7.05 Å². The average Bonchev–Trinajstić information content (AvgIpc) is 2.80. The van der Waals surface area contributed by atoms with E-state index in [0.717, 1.165) is 11.4 Å². The lowest BCUT2D eigenvalue weighted by Crippen LogP contribution is -2.31. The standard InChI is InChI=1S/C17H18Cl2N4O2/c1-10-17(11(2)23(3)22-10)21-15(25)9-20-14(24)8-7-12-5-4-6-13(18)16(12)19/h4-8H,9H2,1-3H3,(H,20,24)(H,21,25)/b8-7+. The molecule has 2 N–H and O–H groups in total. The largest absolute Gasteiger partial charge is 0.343 e. The summed E-state index contributed by atoms with van der Waals surface area (Å²) in [5.74, 6) is -0.743. The van der Waals surface area contributed by atoms with Crippen molar-refractivity contribution >= 4 is 46.8 Å². The molecule has 0 atom stereocenters. The Morgan fingerprint density at radius 1 is 1.28 bits per heavy atom. The normalized spacial score (nSPS) is 10.9. The van der Waals surface area contributed by atoms with E-state index in [9.17, 15) is 9.59 Å². The van der Waals surface area contributed by atoms with E-state index in [0.29, 0.717) is 21.3 Å². The lowest BCUT2D eigenvalue weighted by atomic mass is 10.2. The number of benzene rings is 1. The van der Waals surface area contributed by atoms with E-state index in [-0.39, 0.29) is 12.5 Å². The third-order valence-electron chi connectivity index (χ3n) is 3.59. The lowest BCUT2D eigenvalue weighted by molar-refractivity contribution is -0.121. The van der Waals surface area contributed by atoms with Crippen LogP contribution in [0.1, 0.15) is 17.0 Å². The van der Waals surface area contributed by atoms with Gasteiger partial charge in [0.15, 0.2) is 0 Å². The van der Waals surface area contributed by atoms with Gasteiger partial charge in [-0.3, -0.25) is 14.3 Å². The number of hydrogen-bond acceptors (Lipinski definition) is 3. The van der Waals surface area contributed by atoms with Gasteiger partial charge < -0.3 is 10.6 Å². The fraction of sp³-hybridized carbons (Fsp3) is 0.235. The molecule has 0 aliphatic heterocycles. The molecule has 0 fully saturated rings. The van der Waals surface area contributed by atoms with Gasteiger partial charge in [-0.05, 0) is 31.6 Å².